The fourth-order valence-corrected chi connectivity index (χ4v) is 1.58. The van der Waals surface area contributed by atoms with Crippen molar-refractivity contribution >= 4 is 5.91 Å². The molecule has 0 radical (unpaired) electrons. The quantitative estimate of drug-likeness (QED) is 0.830. The Morgan fingerprint density at radius 3 is 2.68 bits per heavy atom. The molecular formula is C14H20FNO3. The number of hydrogen-bond donors (Lipinski definition) is 2. The summed E-state index contributed by atoms with van der Waals surface area (Å²) in [5.41, 5.74) is 0.234. The van der Waals surface area contributed by atoms with Crippen LogP contribution in [0.1, 0.15) is 30.6 Å². The van der Waals surface area contributed by atoms with Crippen LogP contribution in [0.3, 0.4) is 0 Å². The molecule has 1 unspecified atom stereocenters. The van der Waals surface area contributed by atoms with Crippen LogP contribution in [-0.2, 0) is 0 Å². The van der Waals surface area contributed by atoms with Gasteiger partial charge in [0.25, 0.3) is 5.91 Å². The number of rotatable bonds is 6. The third-order valence-corrected chi connectivity index (χ3v) is 2.91. The van der Waals surface area contributed by atoms with Crippen LogP contribution in [0.15, 0.2) is 18.2 Å². The Hall–Kier alpha value is -1.62. The highest BCUT2D eigenvalue weighted by Crippen LogP contribution is 2.17. The van der Waals surface area contributed by atoms with Crippen molar-refractivity contribution in [2.24, 2.45) is 5.92 Å². The topological polar surface area (TPSA) is 58.6 Å². The van der Waals surface area contributed by atoms with Gasteiger partial charge in [-0.3, -0.25) is 4.79 Å². The first-order valence-corrected chi connectivity index (χ1v) is 6.25. The predicted molar refractivity (Wildman–Crippen MR) is 70.7 cm³/mol. The number of hydrogen-bond acceptors (Lipinski definition) is 3. The van der Waals surface area contributed by atoms with Gasteiger partial charge in [-0.15, -0.1) is 0 Å². The van der Waals surface area contributed by atoms with Crippen molar-refractivity contribution in [3.8, 4) is 5.75 Å². The van der Waals surface area contributed by atoms with Crippen molar-refractivity contribution in [2.75, 3.05) is 13.7 Å². The van der Waals surface area contributed by atoms with Gasteiger partial charge in [-0.05, 0) is 30.5 Å². The Morgan fingerprint density at radius 2 is 2.16 bits per heavy atom. The minimum atomic E-state index is -0.572. The molecular weight excluding hydrogens is 249 g/mol. The van der Waals surface area contributed by atoms with Gasteiger partial charge in [-0.1, -0.05) is 13.8 Å². The summed E-state index contributed by atoms with van der Waals surface area (Å²) in [6.07, 6.45) is 0.0232. The fraction of sp³-hybridized carbons (Fsp3) is 0.500. The molecule has 1 rings (SSSR count). The molecule has 0 fully saturated rings. The van der Waals surface area contributed by atoms with Gasteiger partial charge in [0.15, 0.2) is 11.6 Å². The molecule has 0 spiro atoms. The van der Waals surface area contributed by atoms with E-state index in [1.54, 1.807) is 0 Å². The lowest BCUT2D eigenvalue weighted by atomic mass is 10.0. The molecule has 2 N–H and O–H groups in total. The molecule has 0 saturated heterocycles. The number of amides is 1. The summed E-state index contributed by atoms with van der Waals surface area (Å²) in [5.74, 6) is -0.683. The molecule has 5 heteroatoms. The van der Waals surface area contributed by atoms with E-state index in [1.165, 1.54) is 19.2 Å². The highest BCUT2D eigenvalue weighted by Gasteiger charge is 2.12. The maximum absolute atomic E-state index is 13.4. The first kappa shape index (κ1) is 15.4. The normalized spacial score (nSPS) is 12.3. The van der Waals surface area contributed by atoms with E-state index in [4.69, 9.17) is 4.74 Å². The molecule has 1 aromatic carbocycles. The number of aliphatic hydroxyl groups excluding tert-OH is 1. The second-order valence-electron chi connectivity index (χ2n) is 4.71. The van der Waals surface area contributed by atoms with Gasteiger partial charge in [0.05, 0.1) is 13.2 Å². The summed E-state index contributed by atoms with van der Waals surface area (Å²) in [6, 6.07) is 4.04. The number of ether oxygens (including phenoxy) is 1. The van der Waals surface area contributed by atoms with Crippen molar-refractivity contribution in [3.05, 3.63) is 29.6 Å². The van der Waals surface area contributed by atoms with Gasteiger partial charge < -0.3 is 15.2 Å². The number of benzene rings is 1. The molecule has 0 aliphatic rings. The van der Waals surface area contributed by atoms with Crippen molar-refractivity contribution in [2.45, 2.75) is 26.4 Å². The van der Waals surface area contributed by atoms with E-state index in [-0.39, 0.29) is 23.1 Å². The Bertz CT molecular complexity index is 435. The second kappa shape index (κ2) is 7.09. The zero-order valence-corrected chi connectivity index (χ0v) is 11.4. The van der Waals surface area contributed by atoms with Crippen LogP contribution in [0.25, 0.3) is 0 Å². The molecule has 1 atom stereocenters. The first-order chi connectivity index (χ1) is 8.95. The summed E-state index contributed by atoms with van der Waals surface area (Å²) < 4.78 is 18.2. The summed E-state index contributed by atoms with van der Waals surface area (Å²) in [7, 11) is 1.37. The molecule has 4 nitrogen and oxygen atoms in total. The number of carbonyl (C=O) groups excluding carboxylic acids is 1. The zero-order valence-electron chi connectivity index (χ0n) is 11.4. The van der Waals surface area contributed by atoms with Crippen molar-refractivity contribution < 1.29 is 19.0 Å². The van der Waals surface area contributed by atoms with Gasteiger partial charge in [-0.25, -0.2) is 4.39 Å². The summed E-state index contributed by atoms with van der Waals surface area (Å²) >= 11 is 0. The molecule has 0 aliphatic carbocycles. The minimum Gasteiger partial charge on any atom is -0.494 e. The average molecular weight is 269 g/mol. The smallest absolute Gasteiger partial charge is 0.251 e. The molecule has 0 heterocycles. The van der Waals surface area contributed by atoms with Crippen LogP contribution < -0.4 is 10.1 Å². The lowest BCUT2D eigenvalue weighted by Crippen LogP contribution is -2.28. The third kappa shape index (κ3) is 4.52. The summed E-state index contributed by atoms with van der Waals surface area (Å²) in [4.78, 5) is 11.7. The lowest BCUT2D eigenvalue weighted by Gasteiger charge is -2.14. The molecule has 106 valence electrons. The molecule has 0 aliphatic heterocycles. The second-order valence-corrected chi connectivity index (χ2v) is 4.71. The Morgan fingerprint density at radius 1 is 1.47 bits per heavy atom. The van der Waals surface area contributed by atoms with Gasteiger partial charge in [-0.2, -0.15) is 0 Å². The van der Waals surface area contributed by atoms with Crippen LogP contribution in [0.2, 0.25) is 0 Å². The van der Waals surface area contributed by atoms with Gasteiger partial charge >= 0.3 is 0 Å². The monoisotopic (exact) mass is 269 g/mol. The predicted octanol–water partition coefficient (Wildman–Crippen LogP) is 1.97. The number of aliphatic hydroxyl groups is 1. The minimum absolute atomic E-state index is 0.104. The Balaban J connectivity index is 2.52. The Kier molecular flexibility index (Phi) is 5.76. The van der Waals surface area contributed by atoms with E-state index >= 15 is 0 Å². The van der Waals surface area contributed by atoms with E-state index in [0.717, 1.165) is 6.07 Å². The maximum Gasteiger partial charge on any atom is 0.251 e. The number of halogens is 1. The number of methoxy groups -OCH3 is 1. The SMILES string of the molecule is COc1ccc(C(=O)NCCC(O)C(C)C)cc1F. The number of carbonyl (C=O) groups is 1. The van der Waals surface area contributed by atoms with E-state index in [9.17, 15) is 14.3 Å². The molecule has 1 aromatic rings. The van der Waals surface area contributed by atoms with Crippen LogP contribution >= 0.6 is 0 Å². The molecule has 19 heavy (non-hydrogen) atoms. The van der Waals surface area contributed by atoms with Crippen molar-refractivity contribution in [3.63, 3.8) is 0 Å². The average Bonchev–Trinajstić information content (AvgIpc) is 2.38. The number of nitrogens with one attached hydrogen (secondary N) is 1. The van der Waals surface area contributed by atoms with E-state index in [1.807, 2.05) is 13.8 Å². The van der Waals surface area contributed by atoms with Gasteiger partial charge in [0.1, 0.15) is 0 Å². The third-order valence-electron chi connectivity index (χ3n) is 2.91. The van der Waals surface area contributed by atoms with E-state index in [2.05, 4.69) is 5.32 Å². The van der Waals surface area contributed by atoms with Crippen LogP contribution in [0.4, 0.5) is 4.39 Å². The summed E-state index contributed by atoms with van der Waals surface area (Å²) in [5, 5.41) is 12.2. The highest BCUT2D eigenvalue weighted by atomic mass is 19.1. The van der Waals surface area contributed by atoms with Crippen LogP contribution in [0.5, 0.6) is 5.75 Å². The summed E-state index contributed by atoms with van der Waals surface area (Å²) in [6.45, 7) is 4.17. The standard InChI is InChI=1S/C14H20FNO3/c1-9(2)12(17)6-7-16-14(18)10-4-5-13(19-3)11(15)8-10/h4-5,8-9,12,17H,6-7H2,1-3H3,(H,16,18). The van der Waals surface area contributed by atoms with Crippen LogP contribution in [-0.4, -0.2) is 30.8 Å². The largest absolute Gasteiger partial charge is 0.494 e. The van der Waals surface area contributed by atoms with Crippen LogP contribution in [0, 0.1) is 11.7 Å². The first-order valence-electron chi connectivity index (χ1n) is 6.25. The van der Waals surface area contributed by atoms with Crippen molar-refractivity contribution in [1.82, 2.24) is 5.32 Å². The molecule has 1 amide bonds. The lowest BCUT2D eigenvalue weighted by molar-refractivity contribution is 0.0919. The Labute approximate surface area is 112 Å². The van der Waals surface area contributed by atoms with Gasteiger partial charge in [0, 0.05) is 12.1 Å². The van der Waals surface area contributed by atoms with E-state index < -0.39 is 11.9 Å². The van der Waals surface area contributed by atoms with Gasteiger partial charge in [0.2, 0.25) is 0 Å². The molecule has 0 saturated carbocycles. The van der Waals surface area contributed by atoms with E-state index in [0.29, 0.717) is 13.0 Å². The zero-order chi connectivity index (χ0) is 14.4. The molecule has 0 aromatic heterocycles. The molecule has 0 bridgehead atoms. The maximum atomic E-state index is 13.4. The van der Waals surface area contributed by atoms with Crippen molar-refractivity contribution in [1.29, 1.82) is 0 Å². The highest BCUT2D eigenvalue weighted by molar-refractivity contribution is 5.94. The fourth-order valence-electron chi connectivity index (χ4n) is 1.58.